The lowest BCUT2D eigenvalue weighted by Crippen LogP contribution is -2.63. The summed E-state index contributed by atoms with van der Waals surface area (Å²) in [5.41, 5.74) is 2.49. The van der Waals surface area contributed by atoms with Crippen LogP contribution in [0, 0.1) is 0 Å². The fourth-order valence-electron chi connectivity index (χ4n) is 4.89. The Hall–Kier alpha value is -3.42. The van der Waals surface area contributed by atoms with Gasteiger partial charge in [-0.25, -0.2) is 0 Å². The van der Waals surface area contributed by atoms with Crippen molar-refractivity contribution in [2.24, 2.45) is 0 Å². The highest BCUT2D eigenvalue weighted by Gasteiger charge is 2.86. The van der Waals surface area contributed by atoms with Crippen LogP contribution >= 0.6 is 0 Å². The molecule has 0 N–H and O–H groups in total. The monoisotopic (exact) mass is 670 g/mol. The van der Waals surface area contributed by atoms with Gasteiger partial charge in [-0.05, 0) is 93.0 Å². The van der Waals surface area contributed by atoms with Crippen molar-refractivity contribution in [3.05, 3.63) is 101 Å². The second-order valence-electron chi connectivity index (χ2n) is 11.4. The highest BCUT2D eigenvalue weighted by molar-refractivity contribution is 7.88. The second kappa shape index (κ2) is 12.4. The summed E-state index contributed by atoms with van der Waals surface area (Å²) >= 11 is 0. The summed E-state index contributed by atoms with van der Waals surface area (Å²) in [5, 5.41) is -6.98. The number of hydrogen-bond acceptors (Lipinski definition) is 4. The van der Waals surface area contributed by atoms with Gasteiger partial charge in [0.1, 0.15) is 17.1 Å². The molecule has 2 aromatic carbocycles. The first kappa shape index (κ1) is 36.1. The predicted molar refractivity (Wildman–Crippen MR) is 150 cm³/mol. The van der Waals surface area contributed by atoms with Crippen molar-refractivity contribution in [3.8, 4) is 5.75 Å². The van der Waals surface area contributed by atoms with Gasteiger partial charge in [0.05, 0.1) is 0 Å². The van der Waals surface area contributed by atoms with E-state index in [1.807, 2.05) is 63.2 Å². The molecule has 0 saturated heterocycles. The Morgan fingerprint density at radius 2 is 1.49 bits per heavy atom. The zero-order chi connectivity index (χ0) is 34.2. The molecular formula is C31H31F9O4S. The number of benzene rings is 2. The van der Waals surface area contributed by atoms with Gasteiger partial charge >= 0.3 is 33.4 Å². The minimum absolute atomic E-state index is 0.170. The average molecular weight is 671 g/mol. The number of hydrogen-bond donors (Lipinski definition) is 0. The van der Waals surface area contributed by atoms with Crippen LogP contribution in [0.2, 0.25) is 0 Å². The van der Waals surface area contributed by atoms with E-state index in [0.29, 0.717) is 24.2 Å². The number of ether oxygens (including phenoxy) is 1. The fourth-order valence-corrected chi connectivity index (χ4v) is 5.84. The van der Waals surface area contributed by atoms with Crippen molar-refractivity contribution in [1.82, 2.24) is 0 Å². The van der Waals surface area contributed by atoms with E-state index < -0.39 is 50.7 Å². The number of aryl methyl sites for hydroxylation is 1. The molecule has 0 spiro atoms. The van der Waals surface area contributed by atoms with Gasteiger partial charge in [-0.3, -0.25) is 0 Å². The Balaban J connectivity index is 1.96. The molecule has 3 rings (SSSR count). The van der Waals surface area contributed by atoms with Gasteiger partial charge < -0.3 is 8.92 Å². The summed E-state index contributed by atoms with van der Waals surface area (Å²) in [6.45, 7) is 10.7. The molecule has 4 nitrogen and oxygen atoms in total. The Labute approximate surface area is 255 Å². The lowest BCUT2D eigenvalue weighted by atomic mass is 9.69. The summed E-state index contributed by atoms with van der Waals surface area (Å²) in [6.07, 6.45) is -3.26. The fraction of sp³-hybridized carbons (Fsp3) is 0.419. The maximum atomic E-state index is 14.2. The van der Waals surface area contributed by atoms with Crippen LogP contribution in [0.1, 0.15) is 62.6 Å². The van der Waals surface area contributed by atoms with Gasteiger partial charge in [-0.15, -0.1) is 0 Å². The topological polar surface area (TPSA) is 52.6 Å². The molecule has 248 valence electrons. The minimum atomic E-state index is -7.41. The number of alkyl halides is 9. The molecule has 2 aromatic rings. The number of halogens is 9. The maximum Gasteiger partial charge on any atom is 0.460 e. The molecule has 0 amide bonds. The van der Waals surface area contributed by atoms with Crippen molar-refractivity contribution in [2.45, 2.75) is 81.2 Å². The van der Waals surface area contributed by atoms with E-state index in [9.17, 15) is 47.9 Å². The quantitative estimate of drug-likeness (QED) is 0.109. The summed E-state index contributed by atoms with van der Waals surface area (Å²) in [4.78, 5) is 0. The van der Waals surface area contributed by atoms with Crippen molar-refractivity contribution in [2.75, 3.05) is 0 Å². The van der Waals surface area contributed by atoms with Gasteiger partial charge in [-0.1, -0.05) is 49.1 Å². The van der Waals surface area contributed by atoms with E-state index >= 15 is 0 Å². The number of rotatable bonds is 10. The van der Waals surface area contributed by atoms with Gasteiger partial charge in [0.2, 0.25) is 0 Å². The van der Waals surface area contributed by atoms with E-state index in [4.69, 9.17) is 4.74 Å². The first-order valence-corrected chi connectivity index (χ1v) is 14.9. The zero-order valence-electron chi connectivity index (χ0n) is 24.6. The summed E-state index contributed by atoms with van der Waals surface area (Å²) in [5.74, 6) is -15.9. The van der Waals surface area contributed by atoms with Crippen LogP contribution in [0.5, 0.6) is 5.75 Å². The maximum absolute atomic E-state index is 14.2. The van der Waals surface area contributed by atoms with Crippen molar-refractivity contribution in [3.63, 3.8) is 0 Å². The van der Waals surface area contributed by atoms with Crippen LogP contribution < -0.4 is 4.74 Å². The first-order chi connectivity index (χ1) is 20.5. The molecule has 0 aliphatic heterocycles. The van der Waals surface area contributed by atoms with Crippen LogP contribution in [0.15, 0.2) is 84.7 Å². The third-order valence-electron chi connectivity index (χ3n) is 7.01. The molecule has 0 aromatic heterocycles. The number of fused-ring (bicyclic) bond motifs is 1. The van der Waals surface area contributed by atoms with Gasteiger partial charge in [0, 0.05) is 5.92 Å². The molecular weight excluding hydrogens is 639 g/mol. The van der Waals surface area contributed by atoms with E-state index in [1.165, 1.54) is 6.08 Å². The lowest BCUT2D eigenvalue weighted by Gasteiger charge is -2.35. The van der Waals surface area contributed by atoms with Crippen LogP contribution in [0.3, 0.4) is 0 Å². The molecule has 0 saturated carbocycles. The summed E-state index contributed by atoms with van der Waals surface area (Å²) in [6, 6.07) is 14.7. The minimum Gasteiger partial charge on any atom is -0.488 e. The molecule has 0 fully saturated rings. The van der Waals surface area contributed by atoms with Gasteiger partial charge in [0.15, 0.2) is 0 Å². The molecule has 0 heterocycles. The normalized spacial score (nSPS) is 18.9. The third kappa shape index (κ3) is 7.20. The summed E-state index contributed by atoms with van der Waals surface area (Å²) < 4.78 is 154. The van der Waals surface area contributed by atoms with E-state index in [-0.39, 0.29) is 5.92 Å². The first-order valence-electron chi connectivity index (χ1n) is 13.5. The van der Waals surface area contributed by atoms with Gasteiger partial charge in [0.25, 0.3) is 0 Å². The van der Waals surface area contributed by atoms with Crippen molar-refractivity contribution >= 4 is 10.1 Å². The Morgan fingerprint density at radius 1 is 0.889 bits per heavy atom. The largest absolute Gasteiger partial charge is 0.488 e. The van der Waals surface area contributed by atoms with Gasteiger partial charge in [-0.2, -0.15) is 47.9 Å². The van der Waals surface area contributed by atoms with Crippen LogP contribution in [-0.2, 0) is 20.7 Å². The van der Waals surface area contributed by atoms with Crippen molar-refractivity contribution in [1.29, 1.82) is 0 Å². The van der Waals surface area contributed by atoms with Crippen molar-refractivity contribution < 1.29 is 56.9 Å². The second-order valence-corrected chi connectivity index (χ2v) is 13.0. The molecule has 45 heavy (non-hydrogen) atoms. The molecule has 0 radical (unpaired) electrons. The van der Waals surface area contributed by atoms with E-state index in [1.54, 1.807) is 6.07 Å². The summed E-state index contributed by atoms with van der Waals surface area (Å²) in [7, 11) is -7.09. The zero-order valence-corrected chi connectivity index (χ0v) is 25.4. The molecule has 0 bridgehead atoms. The predicted octanol–water partition coefficient (Wildman–Crippen LogP) is 9.47. The molecule has 14 heteroatoms. The highest BCUT2D eigenvalue weighted by Crippen LogP contribution is 2.55. The molecule has 0 unspecified atom stereocenters. The Morgan fingerprint density at radius 3 is 2.02 bits per heavy atom. The molecule has 1 aliphatic rings. The Bertz CT molecular complexity index is 1560. The standard InChI is InChI=1S/C31H31F9O4S/c1-6-22(44-45(41,42)31(39,40)29(34,35)28(32,33)30(36,37)38)14-12-19(2)26-24(20-10-8-7-9-11-20)16-13-21-18-23(15-17-25(21)26)43-27(3,4)5/h6-12,14-15,17-18,24,26H,2,13,16H2,1,3-5H3/b14-12-,22-6+/t24-,26+/m1/s1. The van der Waals surface area contributed by atoms with Crippen LogP contribution in [-0.4, -0.2) is 37.3 Å². The smallest absolute Gasteiger partial charge is 0.460 e. The van der Waals surface area contributed by atoms with Crippen LogP contribution in [0.4, 0.5) is 39.5 Å². The SMILES string of the molecule is C=C(/C=C\C(=C/C)OS(=O)(=O)C(F)(F)C(F)(F)C(F)(F)C(F)(F)F)[C@@H]1c2ccc(OC(C)(C)C)cc2CC[C@@H]1c1ccccc1. The highest BCUT2D eigenvalue weighted by atomic mass is 32.2. The Kier molecular flexibility index (Phi) is 9.94. The van der Waals surface area contributed by atoms with E-state index in [2.05, 4.69) is 10.8 Å². The molecule has 1 aliphatic carbocycles. The van der Waals surface area contributed by atoms with E-state index in [0.717, 1.165) is 35.8 Å². The third-order valence-corrected chi connectivity index (χ3v) is 8.31. The van der Waals surface area contributed by atoms with Crippen LogP contribution in [0.25, 0.3) is 0 Å². The molecule has 2 atom stereocenters. The average Bonchev–Trinajstić information content (AvgIpc) is 2.93. The lowest BCUT2D eigenvalue weighted by molar-refractivity contribution is -0.382. The number of allylic oxidation sites excluding steroid dienone is 4.